The minimum Gasteiger partial charge on any atom is -0.478 e. The molecule has 0 unspecified atom stereocenters. The van der Waals surface area contributed by atoms with E-state index in [0.717, 1.165) is 11.3 Å². The number of nitrogens with two attached hydrogens (primary N) is 2. The van der Waals surface area contributed by atoms with Gasteiger partial charge in [-0.15, -0.1) is 11.3 Å². The van der Waals surface area contributed by atoms with Crippen LogP contribution in [0.25, 0.3) is 0 Å². The second-order valence-corrected chi connectivity index (χ2v) is 10.7. The van der Waals surface area contributed by atoms with E-state index in [1.165, 1.54) is 29.0 Å². The predicted molar refractivity (Wildman–Crippen MR) is 128 cm³/mol. The molecule has 2 saturated heterocycles. The Kier molecular flexibility index (Phi) is 7.91. The summed E-state index contributed by atoms with van der Waals surface area (Å²) in [6, 6.07) is -3.28. The molecule has 2 aliphatic rings. The molecule has 0 aromatic carbocycles. The lowest BCUT2D eigenvalue weighted by Crippen LogP contribution is -2.74. The van der Waals surface area contributed by atoms with E-state index in [1.54, 1.807) is 0 Å². The maximum Gasteiger partial charge on any atom is 0.362 e. The van der Waals surface area contributed by atoms with Crippen LogP contribution in [0.15, 0.2) is 10.5 Å². The number of amides is 4. The molecule has 37 heavy (non-hydrogen) atoms. The number of aromatic nitrogens is 1. The molecule has 0 aliphatic carbocycles. The van der Waals surface area contributed by atoms with Gasteiger partial charge in [0.2, 0.25) is 5.60 Å². The Labute approximate surface area is 214 Å². The molecule has 2 fully saturated rings. The Morgan fingerprint density at radius 2 is 1.97 bits per heavy atom. The molecule has 3 heterocycles. The summed E-state index contributed by atoms with van der Waals surface area (Å²) in [5, 5.41) is 16.6. The summed E-state index contributed by atoms with van der Waals surface area (Å²) in [4.78, 5) is 61.2. The third-order valence-corrected chi connectivity index (χ3v) is 7.17. The van der Waals surface area contributed by atoms with Gasteiger partial charge in [-0.05, 0) is 13.8 Å². The highest BCUT2D eigenvalue weighted by Crippen LogP contribution is 2.26. The number of anilines is 1. The van der Waals surface area contributed by atoms with Crippen molar-refractivity contribution in [1.82, 2.24) is 24.4 Å². The highest BCUT2D eigenvalue weighted by Gasteiger charge is 2.55. The standard InChI is InChI=1S/C18H26N8O9S2/c1-18(2,15(29)30)35-23-11(9-8-36-16(20)21-9)13(27)22-12-10(26(14(12)28)37(32,33)34)7-25-6-5-24(4-3-19)17(25)31/h8,10,12H,3-7,19H2,1-2H3,(H2,20,21)(H,22,27)(H,29,30)(H,32,33,34)/t10-,12-/m0/s1. The van der Waals surface area contributed by atoms with E-state index in [4.69, 9.17) is 16.3 Å². The lowest BCUT2D eigenvalue weighted by Gasteiger charge is -2.45. The van der Waals surface area contributed by atoms with Gasteiger partial charge < -0.3 is 36.5 Å². The van der Waals surface area contributed by atoms with Crippen molar-refractivity contribution in [2.24, 2.45) is 10.9 Å². The van der Waals surface area contributed by atoms with Crippen LogP contribution in [-0.4, -0.2) is 117 Å². The summed E-state index contributed by atoms with van der Waals surface area (Å²) in [6.07, 6.45) is 0. The molecule has 4 amide bonds. The number of urea groups is 1. The number of nitrogen functional groups attached to an aromatic ring is 1. The molecule has 0 bridgehead atoms. The second kappa shape index (κ2) is 10.4. The van der Waals surface area contributed by atoms with E-state index in [-0.39, 0.29) is 41.3 Å². The minimum absolute atomic E-state index is 0.0534. The first kappa shape index (κ1) is 28.0. The fourth-order valence-corrected chi connectivity index (χ4v) is 4.96. The van der Waals surface area contributed by atoms with Gasteiger partial charge in [-0.3, -0.25) is 14.1 Å². The van der Waals surface area contributed by atoms with E-state index >= 15 is 0 Å². The quantitative estimate of drug-likeness (QED) is 0.0812. The summed E-state index contributed by atoms with van der Waals surface area (Å²) in [7, 11) is -5.01. The topological polar surface area (TPSA) is 251 Å². The van der Waals surface area contributed by atoms with Crippen LogP contribution in [0.3, 0.4) is 0 Å². The maximum atomic E-state index is 13.1. The van der Waals surface area contributed by atoms with Crippen molar-refractivity contribution in [3.05, 3.63) is 11.1 Å². The van der Waals surface area contributed by atoms with Crippen molar-refractivity contribution >= 4 is 56.3 Å². The monoisotopic (exact) mass is 562 g/mol. The molecule has 19 heteroatoms. The molecule has 2 aliphatic heterocycles. The third-order valence-electron chi connectivity index (χ3n) is 5.55. The number of rotatable bonds is 11. The number of carboxylic acids is 1. The van der Waals surface area contributed by atoms with Crippen molar-refractivity contribution in [3.63, 3.8) is 0 Å². The Morgan fingerprint density at radius 1 is 1.32 bits per heavy atom. The van der Waals surface area contributed by atoms with Crippen LogP contribution >= 0.6 is 11.3 Å². The van der Waals surface area contributed by atoms with Gasteiger partial charge in [-0.2, -0.15) is 8.42 Å². The number of aliphatic carboxylic acids is 1. The van der Waals surface area contributed by atoms with Crippen LogP contribution in [0.2, 0.25) is 0 Å². The molecular formula is C18H26N8O9S2. The maximum absolute atomic E-state index is 13.1. The lowest BCUT2D eigenvalue weighted by atomic mass is 9.97. The van der Waals surface area contributed by atoms with E-state index in [1.807, 2.05) is 0 Å². The molecular weight excluding hydrogens is 536 g/mol. The number of hydrogen-bond donors (Lipinski definition) is 5. The Balaban J connectivity index is 1.85. The van der Waals surface area contributed by atoms with Gasteiger partial charge in [0, 0.05) is 38.1 Å². The number of carboxylic acid groups (broad SMARTS) is 1. The Morgan fingerprint density at radius 3 is 2.51 bits per heavy atom. The van der Waals surface area contributed by atoms with Crippen LogP contribution in [0, 0.1) is 0 Å². The van der Waals surface area contributed by atoms with Gasteiger partial charge in [0.05, 0.1) is 6.04 Å². The average Bonchev–Trinajstić information content (AvgIpc) is 3.37. The molecule has 0 saturated carbocycles. The molecule has 7 N–H and O–H groups in total. The highest BCUT2D eigenvalue weighted by atomic mass is 32.2. The van der Waals surface area contributed by atoms with Gasteiger partial charge >= 0.3 is 22.3 Å². The Bertz CT molecular complexity index is 1230. The zero-order valence-corrected chi connectivity index (χ0v) is 21.4. The SMILES string of the molecule is CC(C)(ON=C(C(=O)N[C@@H]1C(=O)N(S(=O)(=O)O)[C@H]1CN1CCN(CCN)C1=O)c1csc(N)n1)C(=O)O. The van der Waals surface area contributed by atoms with Gasteiger partial charge in [-0.25, -0.2) is 18.9 Å². The zero-order chi connectivity index (χ0) is 27.7. The van der Waals surface area contributed by atoms with Crippen molar-refractivity contribution in [2.45, 2.75) is 31.5 Å². The van der Waals surface area contributed by atoms with Crippen molar-refractivity contribution in [3.8, 4) is 0 Å². The normalized spacial score (nSPS) is 20.8. The largest absolute Gasteiger partial charge is 0.478 e. The first-order valence-electron chi connectivity index (χ1n) is 10.7. The number of carbonyl (C=O) groups is 4. The fraction of sp³-hybridized carbons (Fsp3) is 0.556. The first-order valence-corrected chi connectivity index (χ1v) is 13.0. The average molecular weight is 563 g/mol. The van der Waals surface area contributed by atoms with Crippen molar-refractivity contribution in [1.29, 1.82) is 0 Å². The molecule has 0 spiro atoms. The summed E-state index contributed by atoms with van der Waals surface area (Å²) in [5.41, 5.74) is 8.63. The molecule has 3 rings (SSSR count). The number of nitrogens with one attached hydrogen (secondary N) is 1. The summed E-state index contributed by atoms with van der Waals surface area (Å²) in [6.45, 7) is 3.03. The number of oxime groups is 1. The van der Waals surface area contributed by atoms with Crippen LogP contribution < -0.4 is 16.8 Å². The minimum atomic E-state index is -5.01. The first-order chi connectivity index (χ1) is 17.2. The summed E-state index contributed by atoms with van der Waals surface area (Å²) < 4.78 is 33.3. The van der Waals surface area contributed by atoms with Gasteiger partial charge in [-0.1, -0.05) is 5.16 Å². The van der Waals surface area contributed by atoms with Crippen LogP contribution in [0.4, 0.5) is 9.93 Å². The smallest absolute Gasteiger partial charge is 0.362 e. The molecule has 0 radical (unpaired) electrons. The van der Waals surface area contributed by atoms with Gasteiger partial charge in [0.1, 0.15) is 11.7 Å². The third kappa shape index (κ3) is 5.89. The fourth-order valence-electron chi connectivity index (χ4n) is 3.54. The van der Waals surface area contributed by atoms with Gasteiger partial charge in [0.25, 0.3) is 11.8 Å². The number of hydrogen-bond acceptors (Lipinski definition) is 12. The van der Waals surface area contributed by atoms with Crippen LogP contribution in [0.1, 0.15) is 19.5 Å². The van der Waals surface area contributed by atoms with Crippen LogP contribution in [0.5, 0.6) is 0 Å². The number of β-lactam (4-membered cyclic amide) rings is 1. The number of nitrogens with zero attached hydrogens (tertiary/aromatic N) is 5. The number of carbonyl (C=O) groups excluding carboxylic acids is 3. The highest BCUT2D eigenvalue weighted by molar-refractivity contribution is 7.84. The van der Waals surface area contributed by atoms with E-state index in [0.29, 0.717) is 6.54 Å². The lowest BCUT2D eigenvalue weighted by molar-refractivity contribution is -0.161. The molecule has 1 aromatic rings. The van der Waals surface area contributed by atoms with Crippen molar-refractivity contribution in [2.75, 3.05) is 38.5 Å². The molecule has 17 nitrogen and oxygen atoms in total. The van der Waals surface area contributed by atoms with E-state index in [9.17, 15) is 37.3 Å². The second-order valence-electron chi connectivity index (χ2n) is 8.55. The molecule has 204 valence electrons. The zero-order valence-electron chi connectivity index (χ0n) is 19.7. The predicted octanol–water partition coefficient (Wildman–Crippen LogP) is -2.50. The van der Waals surface area contributed by atoms with Crippen LogP contribution in [-0.2, 0) is 29.5 Å². The summed E-state index contributed by atoms with van der Waals surface area (Å²) >= 11 is 0.948. The molecule has 2 atom stereocenters. The number of thiazole rings is 1. The van der Waals surface area contributed by atoms with E-state index in [2.05, 4.69) is 15.5 Å². The Hall–Kier alpha value is -3.55. The van der Waals surface area contributed by atoms with Crippen molar-refractivity contribution < 1.29 is 42.1 Å². The molecule has 1 aromatic heterocycles. The van der Waals surface area contributed by atoms with E-state index < -0.39 is 57.5 Å². The summed E-state index contributed by atoms with van der Waals surface area (Å²) in [5.74, 6) is -3.61. The van der Waals surface area contributed by atoms with Gasteiger partial charge in [0.15, 0.2) is 10.8 Å².